The fourth-order valence-electron chi connectivity index (χ4n) is 2.79. The molecule has 0 heterocycles. The SMILES string of the molecule is CCCCN=C1CC(c2ccccc2)C(C#N)(C#N)C1. The molecule has 3 heteroatoms. The predicted octanol–water partition coefficient (Wildman–Crippen LogP) is 3.84. The Morgan fingerprint density at radius 1 is 1.25 bits per heavy atom. The van der Waals surface area contributed by atoms with E-state index < -0.39 is 5.41 Å². The minimum atomic E-state index is -0.952. The summed E-state index contributed by atoms with van der Waals surface area (Å²) in [6.45, 7) is 2.94. The van der Waals surface area contributed by atoms with Crippen LogP contribution in [0.25, 0.3) is 0 Å². The van der Waals surface area contributed by atoms with E-state index in [0.717, 1.165) is 37.1 Å². The van der Waals surface area contributed by atoms with Gasteiger partial charge in [-0.05, 0) is 18.4 Å². The van der Waals surface area contributed by atoms with Crippen LogP contribution in [0.3, 0.4) is 0 Å². The molecule has 1 unspecified atom stereocenters. The van der Waals surface area contributed by atoms with Crippen molar-refractivity contribution in [1.82, 2.24) is 0 Å². The lowest BCUT2D eigenvalue weighted by atomic mass is 9.77. The summed E-state index contributed by atoms with van der Waals surface area (Å²) in [5.74, 6) is -0.0564. The van der Waals surface area contributed by atoms with Gasteiger partial charge in [0.15, 0.2) is 5.41 Å². The number of aliphatic imine (C=N–C) groups is 1. The third-order valence-electron chi connectivity index (χ3n) is 3.97. The molecule has 102 valence electrons. The number of hydrogen-bond acceptors (Lipinski definition) is 3. The van der Waals surface area contributed by atoms with E-state index in [1.807, 2.05) is 30.3 Å². The Labute approximate surface area is 120 Å². The third kappa shape index (κ3) is 2.73. The van der Waals surface area contributed by atoms with Crippen molar-refractivity contribution in [3.8, 4) is 12.1 Å². The van der Waals surface area contributed by atoms with Gasteiger partial charge in [0.2, 0.25) is 0 Å². The predicted molar refractivity (Wildman–Crippen MR) is 79.3 cm³/mol. The Kier molecular flexibility index (Phi) is 4.53. The van der Waals surface area contributed by atoms with Crippen molar-refractivity contribution < 1.29 is 0 Å². The van der Waals surface area contributed by atoms with E-state index in [9.17, 15) is 10.5 Å². The number of nitrogens with zero attached hydrogens (tertiary/aromatic N) is 3. The van der Waals surface area contributed by atoms with Gasteiger partial charge in [0.1, 0.15) is 0 Å². The lowest BCUT2D eigenvalue weighted by molar-refractivity contribution is 0.478. The molecule has 1 aliphatic rings. The Hall–Kier alpha value is -2.13. The summed E-state index contributed by atoms with van der Waals surface area (Å²) in [7, 11) is 0. The van der Waals surface area contributed by atoms with Crippen LogP contribution in [0, 0.1) is 28.1 Å². The van der Waals surface area contributed by atoms with Gasteiger partial charge >= 0.3 is 0 Å². The molecule has 3 nitrogen and oxygen atoms in total. The molecule has 1 aromatic rings. The first-order chi connectivity index (χ1) is 9.75. The molecular weight excluding hydrogens is 246 g/mol. The van der Waals surface area contributed by atoms with Gasteiger partial charge in [0.25, 0.3) is 0 Å². The summed E-state index contributed by atoms with van der Waals surface area (Å²) >= 11 is 0. The molecule has 0 aliphatic heterocycles. The van der Waals surface area contributed by atoms with Gasteiger partial charge in [-0.1, -0.05) is 43.7 Å². The van der Waals surface area contributed by atoms with Crippen LogP contribution in [0.15, 0.2) is 35.3 Å². The van der Waals surface area contributed by atoms with Gasteiger partial charge in [-0.25, -0.2) is 0 Å². The fourth-order valence-corrected chi connectivity index (χ4v) is 2.79. The van der Waals surface area contributed by atoms with Gasteiger partial charge in [0, 0.05) is 24.6 Å². The maximum atomic E-state index is 9.51. The van der Waals surface area contributed by atoms with E-state index in [4.69, 9.17) is 0 Å². The van der Waals surface area contributed by atoms with Crippen LogP contribution in [0.1, 0.15) is 44.1 Å². The van der Waals surface area contributed by atoms with Crippen LogP contribution in [0.2, 0.25) is 0 Å². The topological polar surface area (TPSA) is 59.9 Å². The Morgan fingerprint density at radius 2 is 1.95 bits per heavy atom. The highest BCUT2D eigenvalue weighted by molar-refractivity contribution is 5.90. The van der Waals surface area contributed by atoms with Gasteiger partial charge in [-0.3, -0.25) is 4.99 Å². The van der Waals surface area contributed by atoms with Gasteiger partial charge < -0.3 is 0 Å². The lowest BCUT2D eigenvalue weighted by Crippen LogP contribution is -2.19. The average Bonchev–Trinajstić information content (AvgIpc) is 2.88. The zero-order valence-corrected chi connectivity index (χ0v) is 11.8. The third-order valence-corrected chi connectivity index (χ3v) is 3.97. The molecule has 0 spiro atoms. The van der Waals surface area contributed by atoms with Crippen molar-refractivity contribution in [3.05, 3.63) is 35.9 Å². The van der Waals surface area contributed by atoms with Crippen LogP contribution >= 0.6 is 0 Å². The highest BCUT2D eigenvalue weighted by Crippen LogP contribution is 2.47. The molecule has 20 heavy (non-hydrogen) atoms. The molecular formula is C17H19N3. The summed E-state index contributed by atoms with van der Waals surface area (Å²) in [5.41, 5.74) is 1.14. The van der Waals surface area contributed by atoms with Crippen LogP contribution < -0.4 is 0 Å². The smallest absolute Gasteiger partial charge is 0.156 e. The summed E-state index contributed by atoms with van der Waals surface area (Å²) in [5, 5.41) is 19.0. The largest absolute Gasteiger partial charge is 0.294 e. The maximum Gasteiger partial charge on any atom is 0.156 e. The van der Waals surface area contributed by atoms with E-state index in [0.29, 0.717) is 6.42 Å². The molecule has 1 saturated carbocycles. The zero-order valence-electron chi connectivity index (χ0n) is 11.8. The quantitative estimate of drug-likeness (QED) is 0.776. The zero-order chi connectivity index (χ0) is 14.4. The monoisotopic (exact) mass is 265 g/mol. The number of benzene rings is 1. The van der Waals surface area contributed by atoms with E-state index in [2.05, 4.69) is 24.1 Å². The molecule has 0 amide bonds. The summed E-state index contributed by atoms with van der Waals surface area (Å²) in [6.07, 6.45) is 3.39. The number of nitriles is 2. The second-order valence-electron chi connectivity index (χ2n) is 5.34. The Bertz CT molecular complexity index is 546. The Morgan fingerprint density at radius 3 is 2.55 bits per heavy atom. The summed E-state index contributed by atoms with van der Waals surface area (Å²) in [6, 6.07) is 14.4. The molecule has 1 fully saturated rings. The van der Waals surface area contributed by atoms with Crippen LogP contribution in [0.5, 0.6) is 0 Å². The van der Waals surface area contributed by atoms with E-state index in [-0.39, 0.29) is 5.92 Å². The van der Waals surface area contributed by atoms with Crippen molar-refractivity contribution in [1.29, 1.82) is 10.5 Å². The summed E-state index contributed by atoms with van der Waals surface area (Å²) < 4.78 is 0. The number of rotatable bonds is 4. The van der Waals surface area contributed by atoms with Crippen molar-refractivity contribution >= 4 is 5.71 Å². The second kappa shape index (κ2) is 6.35. The van der Waals surface area contributed by atoms with E-state index >= 15 is 0 Å². The van der Waals surface area contributed by atoms with E-state index in [1.54, 1.807) is 0 Å². The average molecular weight is 265 g/mol. The maximum absolute atomic E-state index is 9.51. The van der Waals surface area contributed by atoms with Crippen molar-refractivity contribution in [2.45, 2.75) is 38.5 Å². The second-order valence-corrected chi connectivity index (χ2v) is 5.34. The molecule has 0 N–H and O–H groups in total. The van der Waals surface area contributed by atoms with Crippen molar-refractivity contribution in [2.24, 2.45) is 10.4 Å². The molecule has 2 rings (SSSR count). The molecule has 1 aromatic carbocycles. The first kappa shape index (κ1) is 14.3. The van der Waals surface area contributed by atoms with E-state index in [1.165, 1.54) is 0 Å². The first-order valence-corrected chi connectivity index (χ1v) is 7.15. The lowest BCUT2D eigenvalue weighted by Gasteiger charge is -2.20. The van der Waals surface area contributed by atoms with Gasteiger partial charge in [-0.2, -0.15) is 10.5 Å². The standard InChI is InChI=1S/C17H19N3/c1-2-3-9-20-15-10-16(14-7-5-4-6-8-14)17(11-15,12-18)13-19/h4-8,16H,2-3,9-11H2,1H3. The highest BCUT2D eigenvalue weighted by Gasteiger charge is 2.47. The van der Waals surface area contributed by atoms with Crippen molar-refractivity contribution in [2.75, 3.05) is 6.54 Å². The first-order valence-electron chi connectivity index (χ1n) is 7.15. The fraction of sp³-hybridized carbons (Fsp3) is 0.471. The normalized spacial score (nSPS) is 22.4. The van der Waals surface area contributed by atoms with Crippen LogP contribution in [0.4, 0.5) is 0 Å². The summed E-state index contributed by atoms with van der Waals surface area (Å²) in [4.78, 5) is 4.59. The molecule has 0 bridgehead atoms. The minimum Gasteiger partial charge on any atom is -0.294 e. The molecule has 1 atom stereocenters. The highest BCUT2D eigenvalue weighted by atomic mass is 14.8. The van der Waals surface area contributed by atoms with Gasteiger partial charge in [0.05, 0.1) is 12.1 Å². The van der Waals surface area contributed by atoms with Gasteiger partial charge in [-0.15, -0.1) is 0 Å². The molecule has 1 aliphatic carbocycles. The van der Waals surface area contributed by atoms with Crippen LogP contribution in [-0.4, -0.2) is 12.3 Å². The Balaban J connectivity index is 2.28. The molecule has 0 aromatic heterocycles. The molecule has 0 saturated heterocycles. The molecule has 0 radical (unpaired) electrons. The minimum absolute atomic E-state index is 0.0564. The van der Waals surface area contributed by atoms with Crippen LogP contribution in [-0.2, 0) is 0 Å². The number of hydrogen-bond donors (Lipinski definition) is 0. The number of unbranched alkanes of at least 4 members (excludes halogenated alkanes) is 1. The van der Waals surface area contributed by atoms with Crippen molar-refractivity contribution in [3.63, 3.8) is 0 Å².